The van der Waals surface area contributed by atoms with Gasteiger partial charge in [0.25, 0.3) is 5.91 Å². The number of amides is 1. The van der Waals surface area contributed by atoms with Crippen LogP contribution in [-0.2, 0) is 0 Å². The molecular weight excluding hydrogens is 274 g/mol. The van der Waals surface area contributed by atoms with E-state index < -0.39 is 0 Å². The molecule has 0 saturated carbocycles. The van der Waals surface area contributed by atoms with Gasteiger partial charge in [0.15, 0.2) is 0 Å². The van der Waals surface area contributed by atoms with Gasteiger partial charge in [0.05, 0.1) is 5.56 Å². The molecule has 0 radical (unpaired) electrons. The Hall–Kier alpha value is -2.07. The van der Waals surface area contributed by atoms with E-state index in [9.17, 15) is 4.79 Å². The number of nitrogens with one attached hydrogen (secondary N) is 1. The Balaban J connectivity index is 2.00. The molecule has 2 aromatic rings. The van der Waals surface area contributed by atoms with E-state index >= 15 is 0 Å². The summed E-state index contributed by atoms with van der Waals surface area (Å²) in [6.45, 7) is 9.53. The maximum Gasteiger partial charge on any atom is 0.255 e. The van der Waals surface area contributed by atoms with Crippen molar-refractivity contribution in [1.82, 2.24) is 14.8 Å². The summed E-state index contributed by atoms with van der Waals surface area (Å²) < 4.78 is 2.19. The zero-order chi connectivity index (χ0) is 15.7. The molecule has 1 aliphatic rings. The van der Waals surface area contributed by atoms with Crippen molar-refractivity contribution in [1.29, 1.82) is 0 Å². The molecule has 1 amide bonds. The topological polar surface area (TPSA) is 37.3 Å². The summed E-state index contributed by atoms with van der Waals surface area (Å²) in [5.74, 6) is 0.148. The maximum atomic E-state index is 12.8. The van der Waals surface area contributed by atoms with E-state index in [1.165, 1.54) is 5.56 Å². The number of aryl methyl sites for hydroxylation is 2. The maximum absolute atomic E-state index is 12.8. The predicted octanol–water partition coefficient (Wildman–Crippen LogP) is 2.45. The standard InChI is InChI=1S/C18H23N3O/c1-13-6-4-5-7-17(13)21-14(2)12-16(15(21)3)18(22)20-10-8-19-9-11-20/h4-7,12,19H,8-11H2,1-3H3. The number of benzene rings is 1. The van der Waals surface area contributed by atoms with Gasteiger partial charge < -0.3 is 14.8 Å². The molecule has 0 bridgehead atoms. The predicted molar refractivity (Wildman–Crippen MR) is 88.8 cm³/mol. The molecule has 0 atom stereocenters. The Labute approximate surface area is 131 Å². The fourth-order valence-corrected chi connectivity index (χ4v) is 3.20. The molecule has 1 fully saturated rings. The smallest absolute Gasteiger partial charge is 0.255 e. The molecule has 1 N–H and O–H groups in total. The molecule has 1 aromatic carbocycles. The van der Waals surface area contributed by atoms with E-state index in [2.05, 4.69) is 35.9 Å². The van der Waals surface area contributed by atoms with Gasteiger partial charge in [-0.05, 0) is 38.5 Å². The first-order valence-electron chi connectivity index (χ1n) is 7.84. The largest absolute Gasteiger partial charge is 0.336 e. The van der Waals surface area contributed by atoms with Crippen LogP contribution in [0.15, 0.2) is 30.3 Å². The third kappa shape index (κ3) is 2.55. The fourth-order valence-electron chi connectivity index (χ4n) is 3.20. The minimum atomic E-state index is 0.148. The quantitative estimate of drug-likeness (QED) is 0.924. The van der Waals surface area contributed by atoms with Gasteiger partial charge in [0.1, 0.15) is 0 Å². The fraction of sp³-hybridized carbons (Fsp3) is 0.389. The first-order valence-corrected chi connectivity index (χ1v) is 7.84. The van der Waals surface area contributed by atoms with Crippen molar-refractivity contribution in [3.05, 3.63) is 52.8 Å². The van der Waals surface area contributed by atoms with E-state index in [0.717, 1.165) is 48.8 Å². The van der Waals surface area contributed by atoms with Crippen molar-refractivity contribution in [3.63, 3.8) is 0 Å². The molecule has 0 aliphatic carbocycles. The van der Waals surface area contributed by atoms with Crippen molar-refractivity contribution < 1.29 is 4.79 Å². The zero-order valence-corrected chi connectivity index (χ0v) is 13.5. The average Bonchev–Trinajstić information content (AvgIpc) is 2.83. The highest BCUT2D eigenvalue weighted by Gasteiger charge is 2.23. The van der Waals surface area contributed by atoms with Gasteiger partial charge in [-0.15, -0.1) is 0 Å². The lowest BCUT2D eigenvalue weighted by Gasteiger charge is -2.27. The SMILES string of the molecule is Cc1ccccc1-n1c(C)cc(C(=O)N2CCNCC2)c1C. The molecule has 0 spiro atoms. The van der Waals surface area contributed by atoms with Crippen LogP contribution in [0.3, 0.4) is 0 Å². The van der Waals surface area contributed by atoms with E-state index in [0.29, 0.717) is 0 Å². The number of para-hydroxylation sites is 1. The summed E-state index contributed by atoms with van der Waals surface area (Å²) in [4.78, 5) is 14.7. The average molecular weight is 297 g/mol. The number of aromatic nitrogens is 1. The van der Waals surface area contributed by atoms with Crippen molar-refractivity contribution in [3.8, 4) is 5.69 Å². The van der Waals surface area contributed by atoms with Crippen LogP contribution in [0.2, 0.25) is 0 Å². The molecule has 1 saturated heterocycles. The summed E-state index contributed by atoms with van der Waals surface area (Å²) in [7, 11) is 0. The highest BCUT2D eigenvalue weighted by molar-refractivity contribution is 5.96. The lowest BCUT2D eigenvalue weighted by molar-refractivity contribution is 0.0735. The third-order valence-corrected chi connectivity index (χ3v) is 4.42. The molecule has 0 unspecified atom stereocenters. The van der Waals surface area contributed by atoms with Gasteiger partial charge in [0.2, 0.25) is 0 Å². The second-order valence-electron chi connectivity index (χ2n) is 5.95. The van der Waals surface area contributed by atoms with Crippen LogP contribution in [-0.4, -0.2) is 41.6 Å². The van der Waals surface area contributed by atoms with Gasteiger partial charge in [-0.2, -0.15) is 0 Å². The Morgan fingerprint density at radius 2 is 1.77 bits per heavy atom. The summed E-state index contributed by atoms with van der Waals surface area (Å²) in [6, 6.07) is 10.3. The van der Waals surface area contributed by atoms with E-state index in [-0.39, 0.29) is 5.91 Å². The van der Waals surface area contributed by atoms with Crippen LogP contribution < -0.4 is 5.32 Å². The normalized spacial score (nSPS) is 15.1. The lowest BCUT2D eigenvalue weighted by atomic mass is 10.2. The minimum Gasteiger partial charge on any atom is -0.336 e. The van der Waals surface area contributed by atoms with Crippen molar-refractivity contribution in [2.24, 2.45) is 0 Å². The van der Waals surface area contributed by atoms with Crippen molar-refractivity contribution in [2.75, 3.05) is 26.2 Å². The molecule has 1 aliphatic heterocycles. The van der Waals surface area contributed by atoms with Gasteiger partial charge in [0, 0.05) is 43.3 Å². The summed E-state index contributed by atoms with van der Waals surface area (Å²) in [5, 5.41) is 3.29. The monoisotopic (exact) mass is 297 g/mol. The van der Waals surface area contributed by atoms with E-state index in [1.54, 1.807) is 0 Å². The van der Waals surface area contributed by atoms with Crippen molar-refractivity contribution >= 4 is 5.91 Å². The first kappa shape index (κ1) is 14.9. The van der Waals surface area contributed by atoms with Gasteiger partial charge in [-0.3, -0.25) is 4.79 Å². The molecule has 22 heavy (non-hydrogen) atoms. The van der Waals surface area contributed by atoms with Gasteiger partial charge >= 0.3 is 0 Å². The third-order valence-electron chi connectivity index (χ3n) is 4.42. The van der Waals surface area contributed by atoms with Crippen LogP contribution in [0.1, 0.15) is 27.3 Å². The summed E-state index contributed by atoms with van der Waals surface area (Å²) >= 11 is 0. The van der Waals surface area contributed by atoms with Crippen LogP contribution in [0, 0.1) is 20.8 Å². The Bertz CT molecular complexity index is 696. The second kappa shape index (κ2) is 5.97. The molecule has 4 nitrogen and oxygen atoms in total. The Kier molecular flexibility index (Phi) is 4.03. The highest BCUT2D eigenvalue weighted by atomic mass is 16.2. The van der Waals surface area contributed by atoms with Crippen molar-refractivity contribution in [2.45, 2.75) is 20.8 Å². The summed E-state index contributed by atoms with van der Waals surface area (Å²) in [6.07, 6.45) is 0. The van der Waals surface area contributed by atoms with E-state index in [4.69, 9.17) is 0 Å². The van der Waals surface area contributed by atoms with Crippen LogP contribution in [0.4, 0.5) is 0 Å². The molecular formula is C18H23N3O. The van der Waals surface area contributed by atoms with Gasteiger partial charge in [-0.25, -0.2) is 0 Å². The highest BCUT2D eigenvalue weighted by Crippen LogP contribution is 2.24. The number of carbonyl (C=O) groups excluding carboxylic acids is 1. The van der Waals surface area contributed by atoms with E-state index in [1.807, 2.05) is 30.0 Å². The van der Waals surface area contributed by atoms with Crippen LogP contribution in [0.25, 0.3) is 5.69 Å². The minimum absolute atomic E-state index is 0.148. The number of rotatable bonds is 2. The Morgan fingerprint density at radius 1 is 1.09 bits per heavy atom. The first-order chi connectivity index (χ1) is 10.6. The number of piperazine rings is 1. The molecule has 1 aromatic heterocycles. The van der Waals surface area contributed by atoms with Crippen LogP contribution in [0.5, 0.6) is 0 Å². The molecule has 3 rings (SSSR count). The lowest BCUT2D eigenvalue weighted by Crippen LogP contribution is -2.46. The Morgan fingerprint density at radius 3 is 2.45 bits per heavy atom. The number of hydrogen-bond acceptors (Lipinski definition) is 2. The number of nitrogens with zero attached hydrogens (tertiary/aromatic N) is 2. The number of hydrogen-bond donors (Lipinski definition) is 1. The second-order valence-corrected chi connectivity index (χ2v) is 5.95. The number of carbonyl (C=O) groups is 1. The molecule has 116 valence electrons. The molecule has 2 heterocycles. The molecule has 4 heteroatoms. The van der Waals surface area contributed by atoms with Crippen LogP contribution >= 0.6 is 0 Å². The summed E-state index contributed by atoms with van der Waals surface area (Å²) in [5.41, 5.74) is 5.31. The van der Waals surface area contributed by atoms with Gasteiger partial charge in [-0.1, -0.05) is 18.2 Å². The zero-order valence-electron chi connectivity index (χ0n) is 13.5.